The predicted molar refractivity (Wildman–Crippen MR) is 122 cm³/mol. The van der Waals surface area contributed by atoms with Gasteiger partial charge in [-0.05, 0) is 42.0 Å². The zero-order valence-electron chi connectivity index (χ0n) is 16.7. The second-order valence-electron chi connectivity index (χ2n) is 6.97. The first-order valence-corrected chi connectivity index (χ1v) is 10.4. The van der Waals surface area contributed by atoms with Crippen molar-refractivity contribution in [2.45, 2.75) is 16.5 Å². The first kappa shape index (κ1) is 20.4. The quantitative estimate of drug-likeness (QED) is 0.286. The standard InChI is InChI=1S/C24H18N4O2S/c1-27(16-17-12-13-26-23(14-17)31-19-7-3-2-4-8-19)21-10-11-22(28(29)30)24-18(15-25)6-5-9-20(21)24/h2-14H,16H2,1H3. The summed E-state index contributed by atoms with van der Waals surface area (Å²) in [6.45, 7) is 0.592. The van der Waals surface area contributed by atoms with Crippen LogP contribution in [-0.2, 0) is 6.54 Å². The Hall–Kier alpha value is -3.89. The van der Waals surface area contributed by atoms with Crippen LogP contribution in [0.4, 0.5) is 11.4 Å². The topological polar surface area (TPSA) is 83.1 Å². The molecule has 0 radical (unpaired) electrons. The summed E-state index contributed by atoms with van der Waals surface area (Å²) >= 11 is 1.60. The highest BCUT2D eigenvalue weighted by Crippen LogP contribution is 2.36. The van der Waals surface area contributed by atoms with Gasteiger partial charge < -0.3 is 4.90 Å². The molecule has 0 saturated carbocycles. The van der Waals surface area contributed by atoms with Crippen molar-refractivity contribution in [1.29, 1.82) is 5.26 Å². The van der Waals surface area contributed by atoms with Crippen molar-refractivity contribution in [3.05, 3.63) is 100 Å². The Labute approximate surface area is 183 Å². The van der Waals surface area contributed by atoms with Crippen molar-refractivity contribution in [3.63, 3.8) is 0 Å². The van der Waals surface area contributed by atoms with E-state index in [0.29, 0.717) is 22.9 Å². The molecule has 1 aromatic heterocycles. The van der Waals surface area contributed by atoms with E-state index in [9.17, 15) is 15.4 Å². The van der Waals surface area contributed by atoms with Crippen LogP contribution in [0.1, 0.15) is 11.1 Å². The highest BCUT2D eigenvalue weighted by atomic mass is 32.2. The average Bonchev–Trinajstić information content (AvgIpc) is 2.78. The van der Waals surface area contributed by atoms with Gasteiger partial charge in [0.1, 0.15) is 11.1 Å². The molecule has 0 N–H and O–H groups in total. The van der Waals surface area contributed by atoms with E-state index in [0.717, 1.165) is 21.2 Å². The third-order valence-electron chi connectivity index (χ3n) is 4.91. The molecule has 0 fully saturated rings. The summed E-state index contributed by atoms with van der Waals surface area (Å²) in [5.74, 6) is 0. The monoisotopic (exact) mass is 426 g/mol. The number of nitro benzene ring substituents is 1. The van der Waals surface area contributed by atoms with Crippen molar-refractivity contribution < 1.29 is 4.92 Å². The summed E-state index contributed by atoms with van der Waals surface area (Å²) < 4.78 is 0. The lowest BCUT2D eigenvalue weighted by molar-refractivity contribution is -0.383. The van der Waals surface area contributed by atoms with Crippen LogP contribution < -0.4 is 4.90 Å². The molecule has 0 bridgehead atoms. The van der Waals surface area contributed by atoms with E-state index < -0.39 is 4.92 Å². The van der Waals surface area contributed by atoms with Crippen LogP contribution in [0.5, 0.6) is 0 Å². The van der Waals surface area contributed by atoms with Crippen LogP contribution in [0.25, 0.3) is 10.8 Å². The Balaban J connectivity index is 1.66. The lowest BCUT2D eigenvalue weighted by Gasteiger charge is -2.22. The normalized spacial score (nSPS) is 10.6. The van der Waals surface area contributed by atoms with E-state index in [2.05, 4.69) is 11.1 Å². The van der Waals surface area contributed by atoms with Crippen molar-refractivity contribution in [1.82, 2.24) is 4.98 Å². The molecular weight excluding hydrogens is 408 g/mol. The van der Waals surface area contributed by atoms with Crippen molar-refractivity contribution in [3.8, 4) is 6.07 Å². The van der Waals surface area contributed by atoms with Gasteiger partial charge in [0.15, 0.2) is 0 Å². The van der Waals surface area contributed by atoms with E-state index in [1.165, 1.54) is 6.07 Å². The number of anilines is 1. The third kappa shape index (κ3) is 4.34. The summed E-state index contributed by atoms with van der Waals surface area (Å²) in [6, 6.07) is 24.5. The Morgan fingerprint density at radius 3 is 2.65 bits per heavy atom. The first-order chi connectivity index (χ1) is 15.1. The predicted octanol–water partition coefficient (Wildman–Crippen LogP) is 5.80. The summed E-state index contributed by atoms with van der Waals surface area (Å²) in [5, 5.41) is 22.9. The lowest BCUT2D eigenvalue weighted by atomic mass is 10.0. The van der Waals surface area contributed by atoms with Gasteiger partial charge in [0.2, 0.25) is 0 Å². The minimum atomic E-state index is -0.442. The van der Waals surface area contributed by atoms with E-state index in [1.54, 1.807) is 36.2 Å². The molecule has 0 atom stereocenters. The van der Waals surface area contributed by atoms with Gasteiger partial charge >= 0.3 is 0 Å². The Morgan fingerprint density at radius 2 is 1.90 bits per heavy atom. The number of hydrogen-bond donors (Lipinski definition) is 0. The number of nitrogens with zero attached hydrogens (tertiary/aromatic N) is 4. The molecule has 1 heterocycles. The number of nitriles is 1. The molecule has 7 heteroatoms. The Morgan fingerprint density at radius 1 is 1.10 bits per heavy atom. The number of rotatable bonds is 6. The minimum absolute atomic E-state index is 0.0604. The molecule has 0 spiro atoms. The fourth-order valence-electron chi connectivity index (χ4n) is 3.52. The van der Waals surface area contributed by atoms with E-state index >= 15 is 0 Å². The molecule has 0 saturated heterocycles. The van der Waals surface area contributed by atoms with Crippen LogP contribution in [0, 0.1) is 21.4 Å². The SMILES string of the molecule is CN(Cc1ccnc(Sc2ccccc2)c1)c1ccc([N+](=O)[O-])c2c(C#N)cccc12. The van der Waals surface area contributed by atoms with Crippen LogP contribution in [0.3, 0.4) is 0 Å². The number of pyridine rings is 1. The smallest absolute Gasteiger partial charge is 0.278 e. The average molecular weight is 427 g/mol. The molecule has 3 aromatic carbocycles. The zero-order chi connectivity index (χ0) is 21.8. The van der Waals surface area contributed by atoms with Gasteiger partial charge in [-0.2, -0.15) is 5.26 Å². The fraction of sp³-hybridized carbons (Fsp3) is 0.0833. The molecule has 4 aromatic rings. The molecule has 0 unspecified atom stereocenters. The third-order valence-corrected chi connectivity index (χ3v) is 5.85. The second kappa shape index (κ2) is 8.86. The second-order valence-corrected chi connectivity index (χ2v) is 8.07. The number of non-ortho nitro benzene ring substituents is 1. The number of fused-ring (bicyclic) bond motifs is 1. The highest BCUT2D eigenvalue weighted by Gasteiger charge is 2.19. The maximum atomic E-state index is 11.5. The molecule has 6 nitrogen and oxygen atoms in total. The number of benzene rings is 3. The fourth-order valence-corrected chi connectivity index (χ4v) is 4.38. The van der Waals surface area contributed by atoms with Crippen molar-refractivity contribution in [2.75, 3.05) is 11.9 Å². The van der Waals surface area contributed by atoms with E-state index in [-0.39, 0.29) is 5.69 Å². The molecular formula is C24H18N4O2S. The van der Waals surface area contributed by atoms with Gasteiger partial charge in [0, 0.05) is 41.8 Å². The van der Waals surface area contributed by atoms with Crippen LogP contribution in [0.15, 0.2) is 88.9 Å². The zero-order valence-corrected chi connectivity index (χ0v) is 17.5. The van der Waals surface area contributed by atoms with Gasteiger partial charge in [0.25, 0.3) is 5.69 Å². The molecule has 4 rings (SSSR count). The summed E-state index contributed by atoms with van der Waals surface area (Å²) in [5.41, 5.74) is 2.13. The van der Waals surface area contributed by atoms with Crippen LogP contribution in [0.2, 0.25) is 0 Å². The van der Waals surface area contributed by atoms with Crippen molar-refractivity contribution in [2.24, 2.45) is 0 Å². The molecule has 0 aliphatic rings. The largest absolute Gasteiger partial charge is 0.370 e. The molecule has 0 aliphatic carbocycles. The van der Waals surface area contributed by atoms with Gasteiger partial charge in [-0.3, -0.25) is 10.1 Å². The van der Waals surface area contributed by atoms with Gasteiger partial charge in [0.05, 0.1) is 15.9 Å². The van der Waals surface area contributed by atoms with Crippen LogP contribution in [-0.4, -0.2) is 17.0 Å². The number of aromatic nitrogens is 1. The van der Waals surface area contributed by atoms with Crippen LogP contribution >= 0.6 is 11.8 Å². The molecule has 0 aliphatic heterocycles. The van der Waals surface area contributed by atoms with E-state index in [1.807, 2.05) is 60.5 Å². The van der Waals surface area contributed by atoms with Gasteiger partial charge in [-0.25, -0.2) is 4.98 Å². The highest BCUT2D eigenvalue weighted by molar-refractivity contribution is 7.99. The summed E-state index contributed by atoms with van der Waals surface area (Å²) in [7, 11) is 1.93. The first-order valence-electron chi connectivity index (χ1n) is 9.56. The lowest BCUT2D eigenvalue weighted by Crippen LogP contribution is -2.17. The van der Waals surface area contributed by atoms with Gasteiger partial charge in [-0.1, -0.05) is 42.1 Å². The summed E-state index contributed by atoms with van der Waals surface area (Å²) in [6.07, 6.45) is 1.79. The van der Waals surface area contributed by atoms with Gasteiger partial charge in [-0.15, -0.1) is 0 Å². The minimum Gasteiger partial charge on any atom is -0.370 e. The number of hydrogen-bond acceptors (Lipinski definition) is 6. The number of nitro groups is 1. The van der Waals surface area contributed by atoms with Crippen molar-refractivity contribution >= 4 is 33.9 Å². The van der Waals surface area contributed by atoms with E-state index in [4.69, 9.17) is 0 Å². The Bertz CT molecular complexity index is 1300. The Kier molecular flexibility index (Phi) is 5.83. The molecule has 31 heavy (non-hydrogen) atoms. The maximum Gasteiger partial charge on any atom is 0.278 e. The maximum absolute atomic E-state index is 11.5. The molecule has 152 valence electrons. The molecule has 0 amide bonds. The summed E-state index contributed by atoms with van der Waals surface area (Å²) in [4.78, 5) is 18.7.